The standard InChI is InChI=1S/C8H6F3NO2.C2H6/c1-14-7(13)5-3-2-4-6(12-5)8(9,10)11;1-2/h2-4H,1H3;1-2H3. The minimum atomic E-state index is -4.55. The molecule has 90 valence electrons. The van der Waals surface area contributed by atoms with Crippen LogP contribution in [0.5, 0.6) is 0 Å². The molecule has 0 saturated carbocycles. The van der Waals surface area contributed by atoms with Gasteiger partial charge in [0.25, 0.3) is 0 Å². The van der Waals surface area contributed by atoms with Crippen LogP contribution >= 0.6 is 0 Å². The number of nitrogens with zero attached hydrogens (tertiary/aromatic N) is 1. The summed E-state index contributed by atoms with van der Waals surface area (Å²) in [5.74, 6) is -0.893. The molecular formula is C10H12F3NO2. The van der Waals surface area contributed by atoms with Gasteiger partial charge in [-0.2, -0.15) is 13.2 Å². The van der Waals surface area contributed by atoms with Crippen LogP contribution < -0.4 is 0 Å². The molecule has 0 spiro atoms. The zero-order chi connectivity index (χ0) is 12.8. The minimum absolute atomic E-state index is 0.359. The number of halogens is 3. The molecule has 0 fully saturated rings. The molecular weight excluding hydrogens is 223 g/mol. The van der Waals surface area contributed by atoms with Gasteiger partial charge in [0.2, 0.25) is 0 Å². The van der Waals surface area contributed by atoms with E-state index in [0.717, 1.165) is 25.3 Å². The van der Waals surface area contributed by atoms with Gasteiger partial charge in [0.1, 0.15) is 11.4 Å². The smallest absolute Gasteiger partial charge is 0.433 e. The lowest BCUT2D eigenvalue weighted by atomic mass is 10.3. The molecule has 0 saturated heterocycles. The molecule has 3 nitrogen and oxygen atoms in total. The summed E-state index contributed by atoms with van der Waals surface area (Å²) < 4.78 is 40.6. The summed E-state index contributed by atoms with van der Waals surface area (Å²) >= 11 is 0. The molecule has 1 aromatic heterocycles. The number of esters is 1. The van der Waals surface area contributed by atoms with E-state index in [1.165, 1.54) is 0 Å². The molecule has 0 amide bonds. The van der Waals surface area contributed by atoms with E-state index in [1.807, 2.05) is 13.8 Å². The number of rotatable bonds is 1. The Labute approximate surface area is 91.3 Å². The van der Waals surface area contributed by atoms with Gasteiger partial charge in [0, 0.05) is 0 Å². The van der Waals surface area contributed by atoms with E-state index in [9.17, 15) is 18.0 Å². The molecule has 16 heavy (non-hydrogen) atoms. The first-order chi connectivity index (χ1) is 7.45. The number of carbonyl (C=O) groups excluding carboxylic acids is 1. The zero-order valence-electron chi connectivity index (χ0n) is 9.13. The second kappa shape index (κ2) is 6.09. The van der Waals surface area contributed by atoms with Gasteiger partial charge in [-0.1, -0.05) is 19.9 Å². The van der Waals surface area contributed by atoms with Crippen LogP contribution in [0.2, 0.25) is 0 Å². The highest BCUT2D eigenvalue weighted by Crippen LogP contribution is 2.27. The van der Waals surface area contributed by atoms with E-state index in [0.29, 0.717) is 0 Å². The van der Waals surface area contributed by atoms with Gasteiger partial charge in [-0.05, 0) is 12.1 Å². The lowest BCUT2D eigenvalue weighted by Crippen LogP contribution is -2.12. The lowest BCUT2D eigenvalue weighted by Gasteiger charge is -2.05. The summed E-state index contributed by atoms with van der Waals surface area (Å²) in [7, 11) is 1.07. The van der Waals surface area contributed by atoms with Crippen molar-refractivity contribution in [3.8, 4) is 0 Å². The number of hydrogen-bond acceptors (Lipinski definition) is 3. The third-order valence-corrected chi connectivity index (χ3v) is 1.43. The maximum Gasteiger partial charge on any atom is 0.433 e. The van der Waals surface area contributed by atoms with Gasteiger partial charge >= 0.3 is 12.1 Å². The van der Waals surface area contributed by atoms with E-state index in [1.54, 1.807) is 0 Å². The lowest BCUT2D eigenvalue weighted by molar-refractivity contribution is -0.141. The summed E-state index contributed by atoms with van der Waals surface area (Å²) in [6.07, 6.45) is -4.55. The van der Waals surface area contributed by atoms with E-state index in [4.69, 9.17) is 0 Å². The Morgan fingerprint density at radius 3 is 2.31 bits per heavy atom. The van der Waals surface area contributed by atoms with Crippen LogP contribution in [0.25, 0.3) is 0 Å². The predicted molar refractivity (Wildman–Crippen MR) is 51.9 cm³/mol. The van der Waals surface area contributed by atoms with Gasteiger partial charge < -0.3 is 4.74 Å². The number of ether oxygens (including phenoxy) is 1. The number of hydrogen-bond donors (Lipinski definition) is 0. The van der Waals surface area contributed by atoms with Crippen molar-refractivity contribution >= 4 is 5.97 Å². The summed E-state index contributed by atoms with van der Waals surface area (Å²) in [5.41, 5.74) is -1.47. The highest BCUT2D eigenvalue weighted by atomic mass is 19.4. The van der Waals surface area contributed by atoms with Gasteiger partial charge in [-0.3, -0.25) is 0 Å². The normalized spacial score (nSPS) is 10.1. The largest absolute Gasteiger partial charge is 0.464 e. The Kier molecular flexibility index (Phi) is 5.49. The first-order valence-corrected chi connectivity index (χ1v) is 4.57. The fourth-order valence-electron chi connectivity index (χ4n) is 0.811. The topological polar surface area (TPSA) is 39.2 Å². The first kappa shape index (κ1) is 14.4. The quantitative estimate of drug-likeness (QED) is 0.702. The van der Waals surface area contributed by atoms with Crippen LogP contribution in [0.15, 0.2) is 18.2 Å². The maximum absolute atomic E-state index is 12.1. The Balaban J connectivity index is 0.00000106. The fraction of sp³-hybridized carbons (Fsp3) is 0.400. The molecule has 0 aliphatic heterocycles. The number of alkyl halides is 3. The molecule has 0 bridgehead atoms. The molecule has 1 heterocycles. The second-order valence-corrected chi connectivity index (χ2v) is 2.40. The molecule has 1 aromatic rings. The van der Waals surface area contributed by atoms with Crippen molar-refractivity contribution in [2.45, 2.75) is 20.0 Å². The van der Waals surface area contributed by atoms with Crippen molar-refractivity contribution in [2.75, 3.05) is 7.11 Å². The summed E-state index contributed by atoms with van der Waals surface area (Å²) in [6.45, 7) is 4.00. The van der Waals surface area contributed by atoms with Crippen LogP contribution in [-0.4, -0.2) is 18.1 Å². The summed E-state index contributed by atoms with van der Waals surface area (Å²) in [5, 5.41) is 0. The zero-order valence-corrected chi connectivity index (χ0v) is 9.13. The summed E-state index contributed by atoms with van der Waals surface area (Å²) in [4.78, 5) is 14.0. The van der Waals surface area contributed by atoms with Gasteiger partial charge in [-0.15, -0.1) is 0 Å². The van der Waals surface area contributed by atoms with Crippen molar-refractivity contribution in [1.29, 1.82) is 0 Å². The van der Waals surface area contributed by atoms with E-state index in [2.05, 4.69) is 9.72 Å². The first-order valence-electron chi connectivity index (χ1n) is 4.57. The molecule has 0 radical (unpaired) electrons. The highest BCUT2D eigenvalue weighted by molar-refractivity contribution is 5.87. The molecule has 1 rings (SSSR count). The SMILES string of the molecule is CC.COC(=O)c1cccc(C(F)(F)F)n1. The van der Waals surface area contributed by atoms with Crippen LogP contribution in [0, 0.1) is 0 Å². The van der Waals surface area contributed by atoms with Crippen LogP contribution in [0.4, 0.5) is 13.2 Å². The highest BCUT2D eigenvalue weighted by Gasteiger charge is 2.32. The van der Waals surface area contributed by atoms with Crippen LogP contribution in [-0.2, 0) is 10.9 Å². The van der Waals surface area contributed by atoms with E-state index < -0.39 is 17.8 Å². The Morgan fingerprint density at radius 2 is 1.88 bits per heavy atom. The molecule has 6 heteroatoms. The van der Waals surface area contributed by atoms with Crippen LogP contribution in [0.3, 0.4) is 0 Å². The minimum Gasteiger partial charge on any atom is -0.464 e. The van der Waals surface area contributed by atoms with Gasteiger partial charge in [0.15, 0.2) is 0 Å². The third kappa shape index (κ3) is 3.88. The average Bonchev–Trinajstić information content (AvgIpc) is 2.30. The van der Waals surface area contributed by atoms with Crippen molar-refractivity contribution < 1.29 is 22.7 Å². The third-order valence-electron chi connectivity index (χ3n) is 1.43. The molecule has 0 aromatic carbocycles. The molecule has 0 N–H and O–H groups in total. The number of pyridine rings is 1. The predicted octanol–water partition coefficient (Wildman–Crippen LogP) is 2.91. The Morgan fingerprint density at radius 1 is 1.31 bits per heavy atom. The summed E-state index contributed by atoms with van der Waals surface area (Å²) in [6, 6.07) is 3.04. The van der Waals surface area contributed by atoms with Crippen molar-refractivity contribution in [2.24, 2.45) is 0 Å². The average molecular weight is 235 g/mol. The number of carbonyl (C=O) groups is 1. The van der Waals surface area contributed by atoms with Gasteiger partial charge in [0.05, 0.1) is 7.11 Å². The molecule has 0 atom stereocenters. The Hall–Kier alpha value is -1.59. The van der Waals surface area contributed by atoms with Crippen molar-refractivity contribution in [1.82, 2.24) is 4.98 Å². The maximum atomic E-state index is 12.1. The van der Waals surface area contributed by atoms with E-state index >= 15 is 0 Å². The van der Waals surface area contributed by atoms with E-state index in [-0.39, 0.29) is 5.69 Å². The monoisotopic (exact) mass is 235 g/mol. The van der Waals surface area contributed by atoms with Crippen molar-refractivity contribution in [3.63, 3.8) is 0 Å². The van der Waals surface area contributed by atoms with Gasteiger partial charge in [-0.25, -0.2) is 9.78 Å². The van der Waals surface area contributed by atoms with Crippen LogP contribution in [0.1, 0.15) is 30.0 Å². The Bertz CT molecular complexity index is 350. The second-order valence-electron chi connectivity index (χ2n) is 2.40. The fourth-order valence-corrected chi connectivity index (χ4v) is 0.811. The molecule has 0 aliphatic carbocycles. The van der Waals surface area contributed by atoms with Crippen molar-refractivity contribution in [3.05, 3.63) is 29.6 Å². The number of aromatic nitrogens is 1. The number of methoxy groups -OCH3 is 1. The molecule has 0 unspecified atom stereocenters. The molecule has 0 aliphatic rings.